The number of rotatable bonds is 4. The molecule has 0 bridgehead atoms. The minimum atomic E-state index is -0.593. The van der Waals surface area contributed by atoms with E-state index in [0.29, 0.717) is 11.9 Å². The Hall–Kier alpha value is -2.51. The highest BCUT2D eigenvalue weighted by Crippen LogP contribution is 2.20. The van der Waals surface area contributed by atoms with Gasteiger partial charge in [0.25, 0.3) is 0 Å². The molecule has 2 aromatic rings. The summed E-state index contributed by atoms with van der Waals surface area (Å²) in [6, 6.07) is 3.11. The fraction of sp³-hybridized carbons (Fsp3) is 0.250. The molecule has 0 unspecified atom stereocenters. The summed E-state index contributed by atoms with van der Waals surface area (Å²) in [7, 11) is 5.18. The molecule has 1 heterocycles. The van der Waals surface area contributed by atoms with Crippen LogP contribution in [-0.4, -0.2) is 36.1 Å². The van der Waals surface area contributed by atoms with Crippen LogP contribution in [0.15, 0.2) is 18.2 Å². The molecule has 0 aliphatic heterocycles. The summed E-state index contributed by atoms with van der Waals surface area (Å²) in [6.07, 6.45) is 0. The van der Waals surface area contributed by atoms with Gasteiger partial charge in [0.1, 0.15) is 11.6 Å². The van der Waals surface area contributed by atoms with Crippen molar-refractivity contribution in [2.75, 3.05) is 36.7 Å². The quantitative estimate of drug-likeness (QED) is 0.893. The molecule has 2 rings (SSSR count). The minimum Gasteiger partial charge on any atom is -0.357 e. The van der Waals surface area contributed by atoms with Crippen molar-refractivity contribution < 1.29 is 8.78 Å². The molecule has 0 saturated heterocycles. The highest BCUT2D eigenvalue weighted by Gasteiger charge is 2.10. The van der Waals surface area contributed by atoms with Gasteiger partial charge >= 0.3 is 0 Å². The maximum Gasteiger partial charge on any atom is 0.233 e. The summed E-state index contributed by atoms with van der Waals surface area (Å²) in [5.74, 6) is -0.307. The number of nitrogens with one attached hydrogen (secondary N) is 2. The number of benzene rings is 1. The third-order valence-electron chi connectivity index (χ3n) is 2.42. The van der Waals surface area contributed by atoms with Crippen LogP contribution in [0.3, 0.4) is 0 Å². The van der Waals surface area contributed by atoms with Crippen molar-refractivity contribution in [1.82, 2.24) is 15.0 Å². The Morgan fingerprint density at radius 1 is 1.05 bits per heavy atom. The van der Waals surface area contributed by atoms with Crippen LogP contribution < -0.4 is 15.5 Å². The van der Waals surface area contributed by atoms with E-state index in [1.54, 1.807) is 26.0 Å². The topological polar surface area (TPSA) is 66.0 Å². The molecule has 0 aliphatic rings. The number of aromatic nitrogens is 3. The SMILES string of the molecule is CNc1nc(Nc2cc(F)ccc2F)nc(N(C)C)n1. The average molecular weight is 280 g/mol. The van der Waals surface area contributed by atoms with Crippen molar-refractivity contribution in [2.45, 2.75) is 0 Å². The van der Waals surface area contributed by atoms with Crippen LogP contribution in [-0.2, 0) is 0 Å². The Balaban J connectivity index is 2.37. The van der Waals surface area contributed by atoms with E-state index < -0.39 is 11.6 Å². The predicted octanol–water partition coefficient (Wildman–Crippen LogP) is 2.00. The summed E-state index contributed by atoms with van der Waals surface area (Å²) in [5.41, 5.74) is -0.0389. The van der Waals surface area contributed by atoms with Crippen LogP contribution in [0.5, 0.6) is 0 Å². The molecule has 0 atom stereocenters. The lowest BCUT2D eigenvalue weighted by Crippen LogP contribution is -2.15. The van der Waals surface area contributed by atoms with E-state index in [2.05, 4.69) is 25.6 Å². The first-order valence-electron chi connectivity index (χ1n) is 5.83. The number of nitrogens with zero attached hydrogens (tertiary/aromatic N) is 4. The first kappa shape index (κ1) is 13.9. The molecule has 8 heteroatoms. The largest absolute Gasteiger partial charge is 0.357 e. The van der Waals surface area contributed by atoms with Gasteiger partial charge in [-0.15, -0.1) is 0 Å². The van der Waals surface area contributed by atoms with Gasteiger partial charge < -0.3 is 15.5 Å². The van der Waals surface area contributed by atoms with E-state index in [0.717, 1.165) is 18.2 Å². The van der Waals surface area contributed by atoms with E-state index >= 15 is 0 Å². The second-order valence-electron chi connectivity index (χ2n) is 4.18. The van der Waals surface area contributed by atoms with Gasteiger partial charge in [-0.05, 0) is 12.1 Å². The Kier molecular flexibility index (Phi) is 3.92. The summed E-state index contributed by atoms with van der Waals surface area (Å²) < 4.78 is 26.7. The van der Waals surface area contributed by atoms with Gasteiger partial charge in [-0.2, -0.15) is 15.0 Å². The number of hydrogen-bond donors (Lipinski definition) is 2. The van der Waals surface area contributed by atoms with Crippen LogP contribution in [0.2, 0.25) is 0 Å². The third-order valence-corrected chi connectivity index (χ3v) is 2.42. The zero-order valence-electron chi connectivity index (χ0n) is 11.3. The molecule has 1 aromatic carbocycles. The molecule has 1 aromatic heterocycles. The highest BCUT2D eigenvalue weighted by atomic mass is 19.1. The second kappa shape index (κ2) is 5.64. The number of anilines is 4. The highest BCUT2D eigenvalue weighted by molar-refractivity contribution is 5.56. The summed E-state index contributed by atoms with van der Waals surface area (Å²) in [5, 5.41) is 5.42. The van der Waals surface area contributed by atoms with E-state index in [1.807, 2.05) is 0 Å². The van der Waals surface area contributed by atoms with Crippen LogP contribution in [0.25, 0.3) is 0 Å². The van der Waals surface area contributed by atoms with Crippen molar-refractivity contribution in [1.29, 1.82) is 0 Å². The van der Waals surface area contributed by atoms with Crippen molar-refractivity contribution in [3.63, 3.8) is 0 Å². The Morgan fingerprint density at radius 2 is 1.75 bits per heavy atom. The van der Waals surface area contributed by atoms with Crippen LogP contribution in [0, 0.1) is 11.6 Å². The smallest absolute Gasteiger partial charge is 0.233 e. The van der Waals surface area contributed by atoms with Crippen LogP contribution >= 0.6 is 0 Å². The molecule has 0 aliphatic carbocycles. The Morgan fingerprint density at radius 3 is 2.40 bits per heavy atom. The molecule has 20 heavy (non-hydrogen) atoms. The van der Waals surface area contributed by atoms with Crippen molar-refractivity contribution >= 4 is 23.5 Å². The monoisotopic (exact) mass is 280 g/mol. The first-order valence-corrected chi connectivity index (χ1v) is 5.83. The fourth-order valence-corrected chi connectivity index (χ4v) is 1.45. The van der Waals surface area contributed by atoms with Gasteiger partial charge in [0.15, 0.2) is 0 Å². The molecule has 0 radical (unpaired) electrons. The average Bonchev–Trinajstić information content (AvgIpc) is 2.42. The molecule has 0 spiro atoms. The molecule has 0 fully saturated rings. The zero-order valence-corrected chi connectivity index (χ0v) is 11.3. The first-order chi connectivity index (χ1) is 9.49. The maximum absolute atomic E-state index is 13.6. The summed E-state index contributed by atoms with van der Waals surface area (Å²) in [6.45, 7) is 0. The van der Waals surface area contributed by atoms with Crippen LogP contribution in [0.1, 0.15) is 0 Å². The van der Waals surface area contributed by atoms with Gasteiger partial charge in [-0.3, -0.25) is 0 Å². The zero-order chi connectivity index (χ0) is 14.7. The molecule has 6 nitrogen and oxygen atoms in total. The molecule has 2 N–H and O–H groups in total. The minimum absolute atomic E-state index is 0.0389. The predicted molar refractivity (Wildman–Crippen MR) is 73.3 cm³/mol. The normalized spacial score (nSPS) is 10.2. The fourth-order valence-electron chi connectivity index (χ4n) is 1.45. The van der Waals surface area contributed by atoms with Gasteiger partial charge in [-0.25, -0.2) is 8.78 Å². The second-order valence-corrected chi connectivity index (χ2v) is 4.18. The van der Waals surface area contributed by atoms with Crippen molar-refractivity contribution in [2.24, 2.45) is 0 Å². The third kappa shape index (κ3) is 3.08. The van der Waals surface area contributed by atoms with E-state index in [-0.39, 0.29) is 11.6 Å². The van der Waals surface area contributed by atoms with Crippen molar-refractivity contribution in [3.8, 4) is 0 Å². The molecule has 106 valence electrons. The maximum atomic E-state index is 13.6. The van der Waals surface area contributed by atoms with Crippen molar-refractivity contribution in [3.05, 3.63) is 29.8 Å². The standard InChI is InChI=1S/C12H14F2N6/c1-15-10-17-11(19-12(18-10)20(2)3)16-9-6-7(13)4-5-8(9)14/h4-6H,1-3H3,(H2,15,16,17,18,19). The van der Waals surface area contributed by atoms with Gasteiger partial charge in [0, 0.05) is 27.2 Å². The summed E-state index contributed by atoms with van der Waals surface area (Å²) in [4.78, 5) is 13.9. The van der Waals surface area contributed by atoms with E-state index in [9.17, 15) is 8.78 Å². The molecule has 0 saturated carbocycles. The molecule has 0 amide bonds. The van der Waals surface area contributed by atoms with Crippen LogP contribution in [0.4, 0.5) is 32.3 Å². The lowest BCUT2D eigenvalue weighted by Gasteiger charge is -2.13. The number of hydrogen-bond acceptors (Lipinski definition) is 6. The Bertz CT molecular complexity index is 617. The van der Waals surface area contributed by atoms with Gasteiger partial charge in [0.05, 0.1) is 5.69 Å². The van der Waals surface area contributed by atoms with Gasteiger partial charge in [-0.1, -0.05) is 0 Å². The lowest BCUT2D eigenvalue weighted by atomic mass is 10.3. The summed E-state index contributed by atoms with van der Waals surface area (Å²) >= 11 is 0. The van der Waals surface area contributed by atoms with Gasteiger partial charge in [0.2, 0.25) is 17.8 Å². The molecular weight excluding hydrogens is 266 g/mol. The Labute approximate surface area is 114 Å². The number of halogens is 2. The lowest BCUT2D eigenvalue weighted by molar-refractivity contribution is 0.603. The van der Waals surface area contributed by atoms with E-state index in [1.165, 1.54) is 0 Å². The van der Waals surface area contributed by atoms with E-state index in [4.69, 9.17) is 0 Å². The molecular formula is C12H14F2N6.